The van der Waals surface area contributed by atoms with Crippen molar-refractivity contribution >= 4 is 17.7 Å². The van der Waals surface area contributed by atoms with E-state index in [1.807, 2.05) is 30.3 Å². The zero-order valence-electron chi connectivity index (χ0n) is 13.4. The molecule has 0 atom stereocenters. The van der Waals surface area contributed by atoms with Gasteiger partial charge in [-0.15, -0.1) is 0 Å². The van der Waals surface area contributed by atoms with E-state index in [9.17, 15) is 4.79 Å². The smallest absolute Gasteiger partial charge is 0.251 e. The van der Waals surface area contributed by atoms with Crippen LogP contribution in [0.2, 0.25) is 0 Å². The number of anilines is 2. The summed E-state index contributed by atoms with van der Waals surface area (Å²) in [7, 11) is 0. The second kappa shape index (κ2) is 8.39. The first kappa shape index (κ1) is 16.4. The number of benzene rings is 1. The number of hydrogen-bond donors (Lipinski definition) is 2. The predicted octanol–water partition coefficient (Wildman–Crippen LogP) is 2.42. The zero-order valence-corrected chi connectivity index (χ0v) is 13.4. The Labute approximate surface area is 145 Å². The Hall–Kier alpha value is -3.48. The molecular weight excluding hydrogens is 318 g/mol. The monoisotopic (exact) mass is 335 g/mol. The lowest BCUT2D eigenvalue weighted by atomic mass is 10.2. The molecule has 7 nitrogen and oxygen atoms in total. The van der Waals surface area contributed by atoms with Crippen molar-refractivity contribution in [2.24, 2.45) is 0 Å². The Kier molecular flexibility index (Phi) is 5.50. The quantitative estimate of drug-likeness (QED) is 0.645. The molecule has 0 radical (unpaired) electrons. The van der Waals surface area contributed by atoms with Crippen LogP contribution in [0.5, 0.6) is 5.75 Å². The van der Waals surface area contributed by atoms with Crippen molar-refractivity contribution in [2.45, 2.75) is 0 Å². The Balaban J connectivity index is 1.51. The van der Waals surface area contributed by atoms with Crippen molar-refractivity contribution in [1.82, 2.24) is 20.3 Å². The van der Waals surface area contributed by atoms with Gasteiger partial charge in [0.15, 0.2) is 0 Å². The first-order valence-corrected chi connectivity index (χ1v) is 7.77. The number of carbonyl (C=O) groups excluding carboxylic acids is 1. The van der Waals surface area contributed by atoms with Crippen LogP contribution in [0.25, 0.3) is 0 Å². The van der Waals surface area contributed by atoms with E-state index in [1.165, 1.54) is 0 Å². The summed E-state index contributed by atoms with van der Waals surface area (Å²) < 4.78 is 5.54. The molecule has 2 N–H and O–H groups in total. The van der Waals surface area contributed by atoms with E-state index < -0.39 is 0 Å². The number of rotatable bonds is 7. The van der Waals surface area contributed by atoms with Crippen molar-refractivity contribution in [3.63, 3.8) is 0 Å². The van der Waals surface area contributed by atoms with Crippen molar-refractivity contribution < 1.29 is 9.53 Å². The van der Waals surface area contributed by atoms with E-state index in [2.05, 4.69) is 25.6 Å². The minimum absolute atomic E-state index is 0.198. The molecule has 126 valence electrons. The molecule has 1 aromatic carbocycles. The summed E-state index contributed by atoms with van der Waals surface area (Å²) in [5, 5.41) is 5.76. The average Bonchev–Trinajstić information content (AvgIpc) is 2.67. The minimum atomic E-state index is -0.198. The molecule has 0 saturated carbocycles. The highest BCUT2D eigenvalue weighted by molar-refractivity contribution is 5.94. The zero-order chi connectivity index (χ0) is 17.3. The summed E-state index contributed by atoms with van der Waals surface area (Å²) in [6, 6.07) is 14.5. The van der Waals surface area contributed by atoms with Gasteiger partial charge in [-0.3, -0.25) is 4.79 Å². The fourth-order valence-corrected chi connectivity index (χ4v) is 2.07. The molecule has 0 unspecified atom stereocenters. The second-order valence-corrected chi connectivity index (χ2v) is 5.04. The molecular formula is C18H17N5O2. The van der Waals surface area contributed by atoms with Gasteiger partial charge >= 0.3 is 0 Å². The van der Waals surface area contributed by atoms with Crippen LogP contribution in [0.4, 0.5) is 11.8 Å². The number of aromatic nitrogens is 3. The van der Waals surface area contributed by atoms with Gasteiger partial charge in [0.1, 0.15) is 18.2 Å². The lowest BCUT2D eigenvalue weighted by Gasteiger charge is -2.08. The number of hydrogen-bond acceptors (Lipinski definition) is 6. The molecule has 0 aliphatic carbocycles. The lowest BCUT2D eigenvalue weighted by Crippen LogP contribution is -2.28. The second-order valence-electron chi connectivity index (χ2n) is 5.04. The summed E-state index contributed by atoms with van der Waals surface area (Å²) in [5.41, 5.74) is 0.494. The maximum Gasteiger partial charge on any atom is 0.251 e. The van der Waals surface area contributed by atoms with Gasteiger partial charge in [-0.25, -0.2) is 15.0 Å². The standard InChI is InChI=1S/C18H17N5O2/c24-17(20-11-12-25-15-5-2-1-3-6-15)14-7-10-19-16(13-14)23-18-21-8-4-9-22-18/h1-10,13H,11-12H2,(H,20,24)(H,19,21,22,23). The van der Waals surface area contributed by atoms with Crippen molar-refractivity contribution in [2.75, 3.05) is 18.5 Å². The molecule has 0 aliphatic rings. The molecule has 3 aromatic rings. The van der Waals surface area contributed by atoms with Crippen LogP contribution in [0.3, 0.4) is 0 Å². The van der Waals surface area contributed by atoms with Crippen molar-refractivity contribution in [3.8, 4) is 5.75 Å². The van der Waals surface area contributed by atoms with Crippen molar-refractivity contribution in [1.29, 1.82) is 0 Å². The number of pyridine rings is 1. The van der Waals surface area contributed by atoms with Crippen LogP contribution in [0.1, 0.15) is 10.4 Å². The van der Waals surface area contributed by atoms with Gasteiger partial charge in [-0.05, 0) is 30.3 Å². The molecule has 0 aliphatic heterocycles. The highest BCUT2D eigenvalue weighted by Gasteiger charge is 2.07. The summed E-state index contributed by atoms with van der Waals surface area (Å²) in [4.78, 5) is 24.5. The predicted molar refractivity (Wildman–Crippen MR) is 93.8 cm³/mol. The lowest BCUT2D eigenvalue weighted by molar-refractivity contribution is 0.0947. The normalized spacial score (nSPS) is 10.1. The van der Waals surface area contributed by atoms with E-state index in [0.29, 0.717) is 30.5 Å². The van der Waals surface area contributed by atoms with Crippen molar-refractivity contribution in [3.05, 3.63) is 72.7 Å². The topological polar surface area (TPSA) is 89.0 Å². The SMILES string of the molecule is O=C(NCCOc1ccccc1)c1ccnc(Nc2ncccn2)c1. The van der Waals surface area contributed by atoms with E-state index in [1.54, 1.807) is 36.8 Å². The Morgan fingerprint density at radius 2 is 1.76 bits per heavy atom. The number of amides is 1. The molecule has 3 rings (SSSR count). The van der Waals surface area contributed by atoms with E-state index in [4.69, 9.17) is 4.74 Å². The molecule has 0 bridgehead atoms. The largest absolute Gasteiger partial charge is 0.492 e. The van der Waals surface area contributed by atoms with Gasteiger partial charge in [-0.2, -0.15) is 0 Å². The van der Waals surface area contributed by atoms with Gasteiger partial charge in [0, 0.05) is 24.2 Å². The number of nitrogens with zero attached hydrogens (tertiary/aromatic N) is 3. The van der Waals surface area contributed by atoms with Crippen LogP contribution >= 0.6 is 0 Å². The molecule has 0 spiro atoms. The van der Waals surface area contributed by atoms with Crippen LogP contribution in [0, 0.1) is 0 Å². The van der Waals surface area contributed by atoms with Gasteiger partial charge in [-0.1, -0.05) is 18.2 Å². The fraction of sp³-hybridized carbons (Fsp3) is 0.111. The third kappa shape index (κ3) is 5.00. The number of ether oxygens (including phenoxy) is 1. The maximum atomic E-state index is 12.2. The van der Waals surface area contributed by atoms with E-state index in [-0.39, 0.29) is 5.91 Å². The summed E-state index contributed by atoms with van der Waals surface area (Å²) >= 11 is 0. The van der Waals surface area contributed by atoms with Crippen LogP contribution in [-0.4, -0.2) is 34.0 Å². The van der Waals surface area contributed by atoms with E-state index >= 15 is 0 Å². The Morgan fingerprint density at radius 3 is 2.56 bits per heavy atom. The van der Waals surface area contributed by atoms with Gasteiger partial charge in [0.05, 0.1) is 6.54 Å². The van der Waals surface area contributed by atoms with E-state index in [0.717, 1.165) is 5.75 Å². The molecule has 0 fully saturated rings. The number of nitrogens with one attached hydrogen (secondary N) is 2. The molecule has 1 amide bonds. The highest BCUT2D eigenvalue weighted by Crippen LogP contribution is 2.11. The first-order chi connectivity index (χ1) is 12.3. The van der Waals surface area contributed by atoms with Gasteiger partial charge < -0.3 is 15.4 Å². The summed E-state index contributed by atoms with van der Waals surface area (Å²) in [6.07, 6.45) is 4.80. The minimum Gasteiger partial charge on any atom is -0.492 e. The Morgan fingerprint density at radius 1 is 0.960 bits per heavy atom. The number of carbonyl (C=O) groups is 1. The fourth-order valence-electron chi connectivity index (χ4n) is 2.07. The van der Waals surface area contributed by atoms with Crippen LogP contribution < -0.4 is 15.4 Å². The molecule has 0 saturated heterocycles. The number of para-hydroxylation sites is 1. The third-order valence-electron chi connectivity index (χ3n) is 3.23. The highest BCUT2D eigenvalue weighted by atomic mass is 16.5. The van der Waals surface area contributed by atoms with Crippen LogP contribution in [0.15, 0.2) is 67.1 Å². The van der Waals surface area contributed by atoms with Gasteiger partial charge in [0.2, 0.25) is 5.95 Å². The molecule has 25 heavy (non-hydrogen) atoms. The maximum absolute atomic E-state index is 12.2. The summed E-state index contributed by atoms with van der Waals surface area (Å²) in [6.45, 7) is 0.796. The molecule has 7 heteroatoms. The first-order valence-electron chi connectivity index (χ1n) is 7.77. The summed E-state index contributed by atoms with van der Waals surface area (Å²) in [5.74, 6) is 1.49. The van der Waals surface area contributed by atoms with Crippen LogP contribution in [-0.2, 0) is 0 Å². The average molecular weight is 335 g/mol. The molecule has 2 heterocycles. The third-order valence-corrected chi connectivity index (χ3v) is 3.23. The Bertz CT molecular complexity index is 812. The van der Waals surface area contributed by atoms with Gasteiger partial charge in [0.25, 0.3) is 5.91 Å². The molecule has 2 aromatic heterocycles.